The molecule has 2 N–H and O–H groups in total. The Morgan fingerprint density at radius 1 is 1.17 bits per heavy atom. The molecule has 18 heavy (non-hydrogen) atoms. The molecular weight excluding hydrogens is 238 g/mol. The van der Waals surface area contributed by atoms with Gasteiger partial charge in [0.1, 0.15) is 0 Å². The summed E-state index contributed by atoms with van der Waals surface area (Å²) in [7, 11) is 0. The first-order chi connectivity index (χ1) is 8.77. The molecule has 1 atom stereocenters. The third-order valence-electron chi connectivity index (χ3n) is 4.11. The highest BCUT2D eigenvalue weighted by molar-refractivity contribution is 7.08. The first-order valence-corrected chi connectivity index (χ1v) is 7.58. The van der Waals surface area contributed by atoms with Gasteiger partial charge in [0.25, 0.3) is 0 Å². The lowest BCUT2D eigenvalue weighted by Gasteiger charge is -2.29. The van der Waals surface area contributed by atoms with Gasteiger partial charge >= 0.3 is 0 Å². The highest BCUT2D eigenvalue weighted by Crippen LogP contribution is 2.40. The molecule has 0 saturated heterocycles. The molecule has 94 valence electrons. The lowest BCUT2D eigenvalue weighted by molar-refractivity contribution is 0.416. The Morgan fingerprint density at radius 3 is 2.56 bits per heavy atom. The molecule has 2 heteroatoms. The molecule has 0 amide bonds. The summed E-state index contributed by atoms with van der Waals surface area (Å²) in [6.45, 7) is 2.15. The van der Waals surface area contributed by atoms with Crippen LogP contribution in [0.4, 0.5) is 0 Å². The highest BCUT2D eigenvalue weighted by Gasteiger charge is 2.24. The minimum absolute atomic E-state index is 0.0352. The van der Waals surface area contributed by atoms with Crippen molar-refractivity contribution in [3.8, 4) is 0 Å². The summed E-state index contributed by atoms with van der Waals surface area (Å²) in [4.78, 5) is 0. The van der Waals surface area contributed by atoms with Crippen LogP contribution in [0.1, 0.15) is 53.5 Å². The van der Waals surface area contributed by atoms with Crippen molar-refractivity contribution in [2.75, 3.05) is 0 Å². The number of benzene rings is 1. The van der Waals surface area contributed by atoms with Gasteiger partial charge in [-0.2, -0.15) is 11.3 Å². The Hall–Kier alpha value is -1.12. The molecule has 1 aromatic heterocycles. The molecule has 0 spiro atoms. The van der Waals surface area contributed by atoms with Crippen LogP contribution >= 0.6 is 11.3 Å². The molecule has 1 nitrogen and oxygen atoms in total. The van der Waals surface area contributed by atoms with Crippen LogP contribution in [0.15, 0.2) is 35.0 Å². The Kier molecular flexibility index (Phi) is 3.23. The normalized spacial score (nSPS) is 17.4. The zero-order valence-electron chi connectivity index (χ0n) is 10.7. The first kappa shape index (κ1) is 11.9. The van der Waals surface area contributed by atoms with E-state index in [0.29, 0.717) is 0 Å². The lowest BCUT2D eigenvalue weighted by Crippen LogP contribution is -2.18. The van der Waals surface area contributed by atoms with Crippen molar-refractivity contribution in [3.05, 3.63) is 57.3 Å². The van der Waals surface area contributed by atoms with Crippen LogP contribution in [0.3, 0.4) is 0 Å². The van der Waals surface area contributed by atoms with Crippen molar-refractivity contribution in [2.45, 2.75) is 38.1 Å². The van der Waals surface area contributed by atoms with E-state index in [0.717, 1.165) is 5.92 Å². The van der Waals surface area contributed by atoms with Gasteiger partial charge in [0.2, 0.25) is 0 Å². The number of hydrogen-bond acceptors (Lipinski definition) is 2. The molecule has 1 fully saturated rings. The Balaban J connectivity index is 1.98. The summed E-state index contributed by atoms with van der Waals surface area (Å²) in [5.41, 5.74) is 11.9. The van der Waals surface area contributed by atoms with Gasteiger partial charge in [-0.1, -0.05) is 30.7 Å². The Bertz CT molecular complexity index is 540. The topological polar surface area (TPSA) is 26.0 Å². The summed E-state index contributed by atoms with van der Waals surface area (Å²) in [5, 5.41) is 4.37. The van der Waals surface area contributed by atoms with Gasteiger partial charge in [0.15, 0.2) is 0 Å². The first-order valence-electron chi connectivity index (χ1n) is 6.64. The van der Waals surface area contributed by atoms with Crippen LogP contribution in [0.5, 0.6) is 0 Å². The minimum Gasteiger partial charge on any atom is -0.320 e. The molecule has 2 aromatic rings. The van der Waals surface area contributed by atoms with Gasteiger partial charge < -0.3 is 5.73 Å². The van der Waals surface area contributed by atoms with E-state index in [1.165, 1.54) is 41.5 Å². The summed E-state index contributed by atoms with van der Waals surface area (Å²) >= 11 is 1.74. The van der Waals surface area contributed by atoms with Gasteiger partial charge in [0, 0.05) is 0 Å². The van der Waals surface area contributed by atoms with E-state index >= 15 is 0 Å². The van der Waals surface area contributed by atoms with Gasteiger partial charge in [-0.15, -0.1) is 0 Å². The van der Waals surface area contributed by atoms with E-state index in [1.54, 1.807) is 11.3 Å². The maximum absolute atomic E-state index is 6.49. The predicted molar refractivity (Wildman–Crippen MR) is 78.1 cm³/mol. The second kappa shape index (κ2) is 4.87. The quantitative estimate of drug-likeness (QED) is 0.868. The average molecular weight is 257 g/mol. The molecule has 1 unspecified atom stereocenters. The van der Waals surface area contributed by atoms with Crippen LogP contribution in [0, 0.1) is 6.92 Å². The minimum atomic E-state index is 0.0352. The largest absolute Gasteiger partial charge is 0.320 e. The van der Waals surface area contributed by atoms with Crippen LogP contribution in [0.25, 0.3) is 0 Å². The second-order valence-electron chi connectivity index (χ2n) is 5.24. The molecule has 0 radical (unpaired) electrons. The van der Waals surface area contributed by atoms with Gasteiger partial charge in [-0.3, -0.25) is 0 Å². The number of nitrogens with two attached hydrogens (primary N) is 1. The van der Waals surface area contributed by atoms with E-state index in [4.69, 9.17) is 5.73 Å². The predicted octanol–water partition coefficient (Wildman–Crippen LogP) is 4.37. The van der Waals surface area contributed by atoms with Crippen LogP contribution in [-0.2, 0) is 0 Å². The second-order valence-corrected chi connectivity index (χ2v) is 5.99. The van der Waals surface area contributed by atoms with Crippen molar-refractivity contribution >= 4 is 11.3 Å². The van der Waals surface area contributed by atoms with Gasteiger partial charge in [-0.25, -0.2) is 0 Å². The van der Waals surface area contributed by atoms with E-state index in [2.05, 4.69) is 41.9 Å². The van der Waals surface area contributed by atoms with Gasteiger partial charge in [0.05, 0.1) is 6.04 Å². The fourth-order valence-corrected chi connectivity index (χ4v) is 3.63. The van der Waals surface area contributed by atoms with Crippen LogP contribution in [0.2, 0.25) is 0 Å². The molecule has 0 bridgehead atoms. The van der Waals surface area contributed by atoms with Gasteiger partial charge in [-0.05, 0) is 58.7 Å². The monoisotopic (exact) mass is 257 g/mol. The van der Waals surface area contributed by atoms with E-state index in [1.807, 2.05) is 0 Å². The zero-order chi connectivity index (χ0) is 12.5. The number of thiophene rings is 1. The smallest absolute Gasteiger partial charge is 0.0565 e. The summed E-state index contributed by atoms with van der Waals surface area (Å²) < 4.78 is 0. The molecule has 3 rings (SSSR count). The number of aryl methyl sites for hydroxylation is 1. The average Bonchev–Trinajstić information content (AvgIpc) is 2.73. The molecule has 1 heterocycles. The molecule has 1 aliphatic carbocycles. The third kappa shape index (κ3) is 2.00. The van der Waals surface area contributed by atoms with E-state index in [9.17, 15) is 0 Å². The highest BCUT2D eigenvalue weighted by atomic mass is 32.1. The molecule has 1 aromatic carbocycles. The molecule has 1 saturated carbocycles. The van der Waals surface area contributed by atoms with Crippen molar-refractivity contribution in [3.63, 3.8) is 0 Å². The fraction of sp³-hybridized carbons (Fsp3) is 0.375. The SMILES string of the molecule is Cc1cscc1C(N)c1ccccc1C1CCC1. The van der Waals surface area contributed by atoms with Crippen LogP contribution < -0.4 is 5.73 Å². The van der Waals surface area contributed by atoms with Crippen molar-refractivity contribution in [1.82, 2.24) is 0 Å². The summed E-state index contributed by atoms with van der Waals surface area (Å²) in [6.07, 6.45) is 4.02. The summed E-state index contributed by atoms with van der Waals surface area (Å²) in [6, 6.07) is 8.76. The molecular formula is C16H19NS. The standard InChI is InChI=1S/C16H19NS/c1-11-9-18-10-15(11)16(17)14-8-3-2-7-13(14)12-5-4-6-12/h2-3,7-10,12,16H,4-6,17H2,1H3. The summed E-state index contributed by atoms with van der Waals surface area (Å²) in [5.74, 6) is 0.742. The zero-order valence-corrected chi connectivity index (χ0v) is 11.5. The van der Waals surface area contributed by atoms with Crippen LogP contribution in [-0.4, -0.2) is 0 Å². The maximum atomic E-state index is 6.49. The Morgan fingerprint density at radius 2 is 1.94 bits per heavy atom. The lowest BCUT2D eigenvalue weighted by atomic mass is 9.76. The third-order valence-corrected chi connectivity index (χ3v) is 4.99. The Labute approximate surface area is 113 Å². The number of hydrogen-bond donors (Lipinski definition) is 1. The number of rotatable bonds is 3. The maximum Gasteiger partial charge on any atom is 0.0565 e. The van der Waals surface area contributed by atoms with E-state index < -0.39 is 0 Å². The van der Waals surface area contributed by atoms with Crippen molar-refractivity contribution < 1.29 is 0 Å². The van der Waals surface area contributed by atoms with E-state index in [-0.39, 0.29) is 6.04 Å². The fourth-order valence-electron chi connectivity index (χ4n) is 2.74. The molecule has 1 aliphatic rings. The van der Waals surface area contributed by atoms with Crippen molar-refractivity contribution in [2.24, 2.45) is 5.73 Å². The molecule has 0 aliphatic heterocycles. The van der Waals surface area contributed by atoms with Crippen molar-refractivity contribution in [1.29, 1.82) is 0 Å².